The maximum Gasteiger partial charge on any atom is 0.416 e. The smallest absolute Gasteiger partial charge is 0.349 e. The van der Waals surface area contributed by atoms with E-state index in [1.165, 1.54) is 12.1 Å². The molecule has 0 saturated heterocycles. The summed E-state index contributed by atoms with van der Waals surface area (Å²) in [5.41, 5.74) is -0.502. The lowest BCUT2D eigenvalue weighted by atomic mass is 10.1. The average Bonchev–Trinajstić information content (AvgIpc) is 2.59. The quantitative estimate of drug-likeness (QED) is 0.822. The molecule has 0 aliphatic carbocycles. The fourth-order valence-corrected chi connectivity index (χ4v) is 2.16. The number of nitrogens with zero attached hydrogens (tertiary/aromatic N) is 5. The maximum atomic E-state index is 12.7. The zero-order valence-electron chi connectivity index (χ0n) is 15.5. The second kappa shape index (κ2) is 8.19. The van der Waals surface area contributed by atoms with Crippen LogP contribution in [0.25, 0.3) is 0 Å². The number of rotatable bonds is 6. The molecule has 0 aliphatic heterocycles. The Morgan fingerprint density at radius 3 is 2.15 bits per heavy atom. The van der Waals surface area contributed by atoms with Gasteiger partial charge >= 0.3 is 6.18 Å². The topological polar surface area (TPSA) is 74.2 Å². The highest BCUT2D eigenvalue weighted by molar-refractivity contribution is 5.78. The highest BCUT2D eigenvalue weighted by atomic mass is 19.4. The van der Waals surface area contributed by atoms with E-state index >= 15 is 0 Å². The van der Waals surface area contributed by atoms with Crippen LogP contribution in [0.2, 0.25) is 0 Å². The van der Waals surface area contributed by atoms with E-state index in [2.05, 4.69) is 20.3 Å². The number of nitrogens with one attached hydrogen (secondary N) is 1. The summed E-state index contributed by atoms with van der Waals surface area (Å²) >= 11 is 0. The van der Waals surface area contributed by atoms with Gasteiger partial charge < -0.3 is 15.1 Å². The van der Waals surface area contributed by atoms with Crippen LogP contribution in [-0.4, -0.2) is 49.0 Å². The molecular weight excluding hydrogens is 361 g/mol. The molecule has 1 amide bonds. The SMILES string of the molecule is CN(C)c1nc(CNC(=O)Cc2cccc(C(F)(F)F)c2)nc(N(C)C)n1. The molecule has 0 aliphatic rings. The van der Waals surface area contributed by atoms with Crippen LogP contribution in [0.1, 0.15) is 17.0 Å². The van der Waals surface area contributed by atoms with Crippen molar-refractivity contribution in [1.29, 1.82) is 0 Å². The average molecular weight is 382 g/mol. The van der Waals surface area contributed by atoms with E-state index in [9.17, 15) is 18.0 Å². The van der Waals surface area contributed by atoms with Gasteiger partial charge in [0.15, 0.2) is 5.82 Å². The van der Waals surface area contributed by atoms with Crippen molar-refractivity contribution in [2.45, 2.75) is 19.1 Å². The number of hydrogen-bond donors (Lipinski definition) is 1. The molecule has 1 aromatic carbocycles. The summed E-state index contributed by atoms with van der Waals surface area (Å²) in [7, 11) is 7.13. The summed E-state index contributed by atoms with van der Waals surface area (Å²) < 4.78 is 38.2. The molecule has 2 rings (SSSR count). The predicted octanol–water partition coefficient (Wildman–Crippen LogP) is 1.88. The first-order valence-corrected chi connectivity index (χ1v) is 8.08. The minimum Gasteiger partial charge on any atom is -0.349 e. The fourth-order valence-electron chi connectivity index (χ4n) is 2.16. The van der Waals surface area contributed by atoms with Crippen LogP contribution < -0.4 is 15.1 Å². The first-order valence-electron chi connectivity index (χ1n) is 8.08. The molecule has 0 radical (unpaired) electrons. The van der Waals surface area contributed by atoms with Crippen molar-refractivity contribution in [3.63, 3.8) is 0 Å². The molecule has 1 aromatic heterocycles. The summed E-state index contributed by atoms with van der Waals surface area (Å²) in [6, 6.07) is 4.70. The van der Waals surface area contributed by atoms with Gasteiger partial charge in [-0.2, -0.15) is 28.1 Å². The van der Waals surface area contributed by atoms with Crippen molar-refractivity contribution < 1.29 is 18.0 Å². The number of carbonyl (C=O) groups excluding carboxylic acids is 1. The first-order chi connectivity index (χ1) is 12.6. The molecule has 2 aromatic rings. The summed E-state index contributed by atoms with van der Waals surface area (Å²) in [6.45, 7) is 0.0436. The van der Waals surface area contributed by atoms with E-state index in [1.807, 2.05) is 0 Å². The second-order valence-electron chi connectivity index (χ2n) is 6.29. The molecule has 0 spiro atoms. The highest BCUT2D eigenvalue weighted by Gasteiger charge is 2.30. The van der Waals surface area contributed by atoms with Crippen LogP contribution in [0, 0.1) is 0 Å². The zero-order valence-corrected chi connectivity index (χ0v) is 15.5. The van der Waals surface area contributed by atoms with Crippen LogP contribution in [-0.2, 0) is 23.9 Å². The van der Waals surface area contributed by atoms with Gasteiger partial charge in [-0.1, -0.05) is 18.2 Å². The number of aromatic nitrogens is 3. The summed E-state index contributed by atoms with van der Waals surface area (Å²) in [4.78, 5) is 28.3. The van der Waals surface area contributed by atoms with Gasteiger partial charge in [0.25, 0.3) is 0 Å². The normalized spacial score (nSPS) is 11.2. The number of alkyl halides is 3. The van der Waals surface area contributed by atoms with Crippen LogP contribution in [0.15, 0.2) is 24.3 Å². The van der Waals surface area contributed by atoms with Crippen molar-refractivity contribution in [3.05, 3.63) is 41.2 Å². The van der Waals surface area contributed by atoms with Gasteiger partial charge in [0.05, 0.1) is 18.5 Å². The Morgan fingerprint density at radius 2 is 1.63 bits per heavy atom. The molecule has 1 heterocycles. The van der Waals surface area contributed by atoms with Gasteiger partial charge in [-0.3, -0.25) is 4.79 Å². The molecule has 10 heteroatoms. The Morgan fingerprint density at radius 1 is 1.04 bits per heavy atom. The van der Waals surface area contributed by atoms with Crippen molar-refractivity contribution in [2.75, 3.05) is 38.0 Å². The molecule has 1 N–H and O–H groups in total. The summed E-state index contributed by atoms with van der Waals surface area (Å²) in [5, 5.41) is 2.63. The van der Waals surface area contributed by atoms with E-state index in [4.69, 9.17) is 0 Å². The standard InChI is InChI=1S/C17H21F3N6O/c1-25(2)15-22-13(23-16(24-15)26(3)4)10-21-14(27)9-11-6-5-7-12(8-11)17(18,19)20/h5-8H,9-10H2,1-4H3,(H,21,27). The number of amides is 1. The van der Waals surface area contributed by atoms with Crippen molar-refractivity contribution >= 4 is 17.8 Å². The predicted molar refractivity (Wildman–Crippen MR) is 95.5 cm³/mol. The maximum absolute atomic E-state index is 12.7. The third kappa shape index (κ3) is 5.80. The molecule has 0 saturated carbocycles. The van der Waals surface area contributed by atoms with Crippen LogP contribution >= 0.6 is 0 Å². The van der Waals surface area contributed by atoms with E-state index in [-0.39, 0.29) is 18.5 Å². The Bertz CT molecular complexity index is 781. The van der Waals surface area contributed by atoms with Crippen LogP contribution in [0.5, 0.6) is 0 Å². The Labute approximate surface area is 155 Å². The highest BCUT2D eigenvalue weighted by Crippen LogP contribution is 2.29. The Balaban J connectivity index is 2.05. The third-order valence-corrected chi connectivity index (χ3v) is 3.52. The van der Waals surface area contributed by atoms with Crippen molar-refractivity contribution in [2.24, 2.45) is 0 Å². The van der Waals surface area contributed by atoms with E-state index in [0.717, 1.165) is 12.1 Å². The van der Waals surface area contributed by atoms with Gasteiger partial charge in [0.2, 0.25) is 17.8 Å². The van der Waals surface area contributed by atoms with Gasteiger partial charge in [-0.25, -0.2) is 0 Å². The van der Waals surface area contributed by atoms with E-state index in [0.29, 0.717) is 17.7 Å². The van der Waals surface area contributed by atoms with Crippen LogP contribution in [0.4, 0.5) is 25.1 Å². The van der Waals surface area contributed by atoms with Crippen LogP contribution in [0.3, 0.4) is 0 Å². The number of anilines is 2. The third-order valence-electron chi connectivity index (χ3n) is 3.52. The molecule has 0 unspecified atom stereocenters. The second-order valence-corrected chi connectivity index (χ2v) is 6.29. The monoisotopic (exact) mass is 382 g/mol. The Kier molecular flexibility index (Phi) is 6.19. The molecule has 7 nitrogen and oxygen atoms in total. The van der Waals surface area contributed by atoms with Gasteiger partial charge in [-0.05, 0) is 11.6 Å². The summed E-state index contributed by atoms with van der Waals surface area (Å²) in [6.07, 6.45) is -4.61. The first kappa shape index (κ1) is 20.4. The molecule has 27 heavy (non-hydrogen) atoms. The van der Waals surface area contributed by atoms with Crippen molar-refractivity contribution in [1.82, 2.24) is 20.3 Å². The molecular formula is C17H21F3N6O. The molecule has 0 bridgehead atoms. The Hall–Kier alpha value is -2.91. The van der Waals surface area contributed by atoms with E-state index < -0.39 is 17.6 Å². The lowest BCUT2D eigenvalue weighted by Crippen LogP contribution is -2.27. The zero-order chi connectivity index (χ0) is 20.2. The number of hydrogen-bond acceptors (Lipinski definition) is 6. The largest absolute Gasteiger partial charge is 0.416 e. The number of carbonyl (C=O) groups is 1. The minimum absolute atomic E-state index is 0.0436. The molecule has 146 valence electrons. The van der Waals surface area contributed by atoms with Gasteiger partial charge in [0.1, 0.15) is 0 Å². The molecule has 0 atom stereocenters. The fraction of sp³-hybridized carbons (Fsp3) is 0.412. The van der Waals surface area contributed by atoms with E-state index in [1.54, 1.807) is 38.0 Å². The number of halogens is 3. The van der Waals surface area contributed by atoms with Gasteiger partial charge in [-0.15, -0.1) is 0 Å². The minimum atomic E-state index is -4.44. The summed E-state index contributed by atoms with van der Waals surface area (Å²) in [5.74, 6) is 0.814. The van der Waals surface area contributed by atoms with Gasteiger partial charge in [0, 0.05) is 28.2 Å². The lowest BCUT2D eigenvalue weighted by molar-refractivity contribution is -0.137. The molecule has 0 fully saturated rings. The lowest BCUT2D eigenvalue weighted by Gasteiger charge is -2.16. The van der Waals surface area contributed by atoms with Crippen molar-refractivity contribution in [3.8, 4) is 0 Å². The number of benzene rings is 1.